The highest BCUT2D eigenvalue weighted by Crippen LogP contribution is 2.44. The third-order valence-corrected chi connectivity index (χ3v) is 6.49. The number of carbonyl (C=O) groups excluding carboxylic acids is 2. The molecule has 2 aromatic carbocycles. The molecule has 4 rings (SSSR count). The summed E-state index contributed by atoms with van der Waals surface area (Å²) in [5.74, 6) is -1.64. The quantitative estimate of drug-likeness (QED) is 0.569. The number of benzene rings is 2. The average Bonchev–Trinajstić information content (AvgIpc) is 3.09. The first kappa shape index (κ1) is 22.6. The fourth-order valence-corrected chi connectivity index (χ4v) is 4.67. The number of carboxylic acids is 1. The number of alkyl carbamates (subject to hydrolysis) is 1. The topological polar surface area (TPSA) is 95.9 Å². The lowest BCUT2D eigenvalue weighted by molar-refractivity contribution is -0.145. The van der Waals surface area contributed by atoms with Crippen molar-refractivity contribution in [3.63, 3.8) is 0 Å². The van der Waals surface area contributed by atoms with Crippen LogP contribution >= 0.6 is 0 Å². The van der Waals surface area contributed by atoms with Gasteiger partial charge in [-0.15, -0.1) is 6.58 Å². The van der Waals surface area contributed by atoms with E-state index >= 15 is 0 Å². The van der Waals surface area contributed by atoms with E-state index in [9.17, 15) is 14.4 Å². The standard InChI is InChI=1S/C26H28N2O5/c1-2-14-28(15-23(29)30)25(31)24(17-8-7-9-17)27-26(32)33-16-22-20-12-5-3-10-18(20)19-11-4-6-13-21(19)22/h2-6,10-13,17,22,24H,1,7-9,14-16H2,(H,27,32)(H,29,30). The van der Waals surface area contributed by atoms with Crippen LogP contribution in [0.15, 0.2) is 61.2 Å². The number of carboxylic acid groups (broad SMARTS) is 1. The number of nitrogens with one attached hydrogen (secondary N) is 1. The molecule has 1 saturated carbocycles. The summed E-state index contributed by atoms with van der Waals surface area (Å²) in [4.78, 5) is 38.2. The first-order valence-corrected chi connectivity index (χ1v) is 11.2. The molecule has 1 unspecified atom stereocenters. The second-order valence-corrected chi connectivity index (χ2v) is 8.54. The van der Waals surface area contributed by atoms with Crippen LogP contribution in [0.25, 0.3) is 11.1 Å². The largest absolute Gasteiger partial charge is 0.480 e. The summed E-state index contributed by atoms with van der Waals surface area (Å²) in [7, 11) is 0. The molecular weight excluding hydrogens is 420 g/mol. The summed E-state index contributed by atoms with van der Waals surface area (Å²) < 4.78 is 5.60. The van der Waals surface area contributed by atoms with Gasteiger partial charge in [-0.2, -0.15) is 0 Å². The van der Waals surface area contributed by atoms with Crippen molar-refractivity contribution < 1.29 is 24.2 Å². The molecule has 1 atom stereocenters. The molecule has 2 aliphatic carbocycles. The van der Waals surface area contributed by atoms with Crippen LogP contribution in [0.1, 0.15) is 36.3 Å². The second kappa shape index (κ2) is 9.90. The van der Waals surface area contributed by atoms with E-state index in [-0.39, 0.29) is 25.0 Å². The maximum Gasteiger partial charge on any atom is 0.407 e. The zero-order chi connectivity index (χ0) is 23.4. The molecule has 2 amide bonds. The Morgan fingerprint density at radius 3 is 2.21 bits per heavy atom. The van der Waals surface area contributed by atoms with Crippen LogP contribution in [0.5, 0.6) is 0 Å². The zero-order valence-corrected chi connectivity index (χ0v) is 18.4. The highest BCUT2D eigenvalue weighted by atomic mass is 16.5. The molecule has 0 radical (unpaired) electrons. The van der Waals surface area contributed by atoms with Crippen LogP contribution in [0.3, 0.4) is 0 Å². The van der Waals surface area contributed by atoms with Crippen LogP contribution in [-0.4, -0.2) is 53.7 Å². The number of aliphatic carboxylic acids is 1. The maximum absolute atomic E-state index is 13.1. The Morgan fingerprint density at radius 1 is 1.09 bits per heavy atom. The van der Waals surface area contributed by atoms with E-state index in [0.29, 0.717) is 0 Å². The summed E-state index contributed by atoms with van der Waals surface area (Å²) in [5, 5.41) is 11.9. The van der Waals surface area contributed by atoms with Crippen LogP contribution in [0.4, 0.5) is 4.79 Å². The van der Waals surface area contributed by atoms with Crippen LogP contribution in [0.2, 0.25) is 0 Å². The molecule has 0 heterocycles. The summed E-state index contributed by atoms with van der Waals surface area (Å²) in [6, 6.07) is 15.3. The van der Waals surface area contributed by atoms with Crippen molar-refractivity contribution in [1.29, 1.82) is 0 Å². The molecule has 0 bridgehead atoms. The minimum atomic E-state index is -1.11. The van der Waals surface area contributed by atoms with Gasteiger partial charge in [0.05, 0.1) is 0 Å². The van der Waals surface area contributed by atoms with Gasteiger partial charge in [0.2, 0.25) is 5.91 Å². The van der Waals surface area contributed by atoms with E-state index in [1.807, 2.05) is 36.4 Å². The Bertz CT molecular complexity index is 1020. The molecule has 0 aliphatic heterocycles. The van der Waals surface area contributed by atoms with Crippen molar-refractivity contribution in [3.8, 4) is 11.1 Å². The van der Waals surface area contributed by atoms with Gasteiger partial charge in [-0.25, -0.2) is 4.79 Å². The fraction of sp³-hybridized carbons (Fsp3) is 0.346. The van der Waals surface area contributed by atoms with Gasteiger partial charge in [-0.3, -0.25) is 9.59 Å². The molecule has 1 fully saturated rings. The number of fused-ring (bicyclic) bond motifs is 3. The Labute approximate surface area is 193 Å². The van der Waals surface area contributed by atoms with Crippen molar-refractivity contribution >= 4 is 18.0 Å². The van der Waals surface area contributed by atoms with Gasteiger partial charge in [-0.05, 0) is 41.0 Å². The molecule has 2 N–H and O–H groups in total. The minimum absolute atomic E-state index is 0.0286. The van der Waals surface area contributed by atoms with E-state index in [2.05, 4.69) is 24.0 Å². The predicted molar refractivity (Wildman–Crippen MR) is 124 cm³/mol. The van der Waals surface area contributed by atoms with Crippen LogP contribution in [-0.2, 0) is 14.3 Å². The lowest BCUT2D eigenvalue weighted by Gasteiger charge is -2.35. The number of amides is 2. The Morgan fingerprint density at radius 2 is 1.70 bits per heavy atom. The SMILES string of the molecule is C=CCN(CC(=O)O)C(=O)C(NC(=O)OCC1c2ccccc2-c2ccccc21)C1CCC1. The Balaban J connectivity index is 1.45. The van der Waals surface area contributed by atoms with Gasteiger partial charge in [0.25, 0.3) is 0 Å². The van der Waals surface area contributed by atoms with E-state index in [4.69, 9.17) is 9.84 Å². The third-order valence-electron chi connectivity index (χ3n) is 6.49. The van der Waals surface area contributed by atoms with Gasteiger partial charge in [-0.1, -0.05) is 61.0 Å². The maximum atomic E-state index is 13.1. The molecule has 7 nitrogen and oxygen atoms in total. The van der Waals surface area contributed by atoms with Crippen LogP contribution in [0, 0.1) is 5.92 Å². The molecular formula is C26H28N2O5. The molecule has 0 saturated heterocycles. The van der Waals surface area contributed by atoms with Crippen molar-refractivity contribution in [1.82, 2.24) is 10.2 Å². The number of rotatable bonds is 9. The van der Waals surface area contributed by atoms with Crippen molar-refractivity contribution in [3.05, 3.63) is 72.3 Å². The smallest absolute Gasteiger partial charge is 0.407 e. The normalized spacial score (nSPS) is 15.5. The van der Waals surface area contributed by atoms with E-state index in [1.54, 1.807) is 0 Å². The monoisotopic (exact) mass is 448 g/mol. The highest BCUT2D eigenvalue weighted by molar-refractivity contribution is 5.88. The average molecular weight is 449 g/mol. The number of ether oxygens (including phenoxy) is 1. The third kappa shape index (κ3) is 4.77. The molecule has 33 heavy (non-hydrogen) atoms. The second-order valence-electron chi connectivity index (χ2n) is 8.54. The number of hydrogen-bond donors (Lipinski definition) is 2. The summed E-state index contributed by atoms with van der Waals surface area (Å²) in [5.41, 5.74) is 4.49. The molecule has 7 heteroatoms. The van der Waals surface area contributed by atoms with Gasteiger partial charge in [0.1, 0.15) is 19.2 Å². The predicted octanol–water partition coefficient (Wildman–Crippen LogP) is 3.79. The Kier molecular flexibility index (Phi) is 6.77. The molecule has 0 spiro atoms. The van der Waals surface area contributed by atoms with E-state index < -0.39 is 30.6 Å². The first-order valence-electron chi connectivity index (χ1n) is 11.2. The highest BCUT2D eigenvalue weighted by Gasteiger charge is 2.37. The molecule has 172 valence electrons. The Hall–Kier alpha value is -3.61. The van der Waals surface area contributed by atoms with Crippen LogP contribution < -0.4 is 5.32 Å². The van der Waals surface area contributed by atoms with Gasteiger partial charge in [0.15, 0.2) is 0 Å². The summed E-state index contributed by atoms with van der Waals surface area (Å²) >= 11 is 0. The number of hydrogen-bond acceptors (Lipinski definition) is 4. The van der Waals surface area contributed by atoms with Gasteiger partial charge < -0.3 is 20.1 Å². The lowest BCUT2D eigenvalue weighted by Crippen LogP contribution is -2.54. The molecule has 2 aliphatic rings. The van der Waals surface area contributed by atoms with E-state index in [1.165, 1.54) is 11.0 Å². The van der Waals surface area contributed by atoms with Gasteiger partial charge >= 0.3 is 12.1 Å². The van der Waals surface area contributed by atoms with Crippen molar-refractivity contribution in [2.45, 2.75) is 31.2 Å². The minimum Gasteiger partial charge on any atom is -0.480 e. The fourth-order valence-electron chi connectivity index (χ4n) is 4.67. The lowest BCUT2D eigenvalue weighted by atomic mass is 9.79. The van der Waals surface area contributed by atoms with E-state index in [0.717, 1.165) is 41.5 Å². The van der Waals surface area contributed by atoms with Crippen molar-refractivity contribution in [2.75, 3.05) is 19.7 Å². The summed E-state index contributed by atoms with van der Waals surface area (Å²) in [6.07, 6.45) is 3.38. The molecule has 0 aromatic heterocycles. The number of nitrogens with zero attached hydrogens (tertiary/aromatic N) is 1. The summed E-state index contributed by atoms with van der Waals surface area (Å²) in [6.45, 7) is 3.40. The molecule has 2 aromatic rings. The zero-order valence-electron chi connectivity index (χ0n) is 18.4. The van der Waals surface area contributed by atoms with Crippen molar-refractivity contribution in [2.24, 2.45) is 5.92 Å². The first-order chi connectivity index (χ1) is 16.0. The van der Waals surface area contributed by atoms with Gasteiger partial charge in [0, 0.05) is 12.5 Å². The number of carbonyl (C=O) groups is 3.